The molecule has 1 aromatic heterocycles. The van der Waals surface area contributed by atoms with E-state index in [1.807, 2.05) is 11.8 Å². The number of thioether (sulfide) groups is 1. The fourth-order valence-corrected chi connectivity index (χ4v) is 2.86. The van der Waals surface area contributed by atoms with Crippen molar-refractivity contribution >= 4 is 23.7 Å². The Morgan fingerprint density at radius 2 is 2.67 bits per heavy atom. The zero-order chi connectivity index (χ0) is 13.0. The van der Waals surface area contributed by atoms with Crippen LogP contribution in [0.25, 0.3) is 0 Å². The highest BCUT2D eigenvalue weighted by Crippen LogP contribution is 2.26. The van der Waals surface area contributed by atoms with Crippen LogP contribution >= 0.6 is 11.8 Å². The third kappa shape index (κ3) is 3.28. The van der Waals surface area contributed by atoms with Crippen molar-refractivity contribution in [3.05, 3.63) is 6.20 Å². The monoisotopic (exact) mass is 272 g/mol. The van der Waals surface area contributed by atoms with Crippen LogP contribution in [-0.2, 0) is 4.74 Å². The third-order valence-electron chi connectivity index (χ3n) is 2.60. The van der Waals surface area contributed by atoms with Gasteiger partial charge in [0.25, 0.3) is 6.20 Å². The van der Waals surface area contributed by atoms with Gasteiger partial charge in [-0.25, -0.2) is 0 Å². The lowest BCUT2D eigenvalue weighted by atomic mass is 10.2. The van der Waals surface area contributed by atoms with Crippen molar-refractivity contribution in [1.29, 1.82) is 0 Å². The molecule has 2 rings (SSSR count). The van der Waals surface area contributed by atoms with Gasteiger partial charge in [-0.15, -0.1) is 0 Å². The number of hydrogen-bond donors (Lipinski definition) is 1. The summed E-state index contributed by atoms with van der Waals surface area (Å²) in [5, 5.41) is 15.4. The molecule has 1 aromatic rings. The van der Waals surface area contributed by atoms with Crippen molar-refractivity contribution in [3.63, 3.8) is 0 Å². The fourth-order valence-electron chi connectivity index (χ4n) is 1.66. The molecule has 0 aliphatic carbocycles. The van der Waals surface area contributed by atoms with Gasteiger partial charge in [-0.1, -0.05) is 13.8 Å². The molecule has 2 atom stereocenters. The first-order valence-electron chi connectivity index (χ1n) is 5.84. The lowest BCUT2D eigenvalue weighted by Gasteiger charge is -2.09. The van der Waals surface area contributed by atoms with Crippen molar-refractivity contribution in [1.82, 2.24) is 5.27 Å². The fraction of sp³-hybridized carbons (Fsp3) is 0.700. The smallest absolute Gasteiger partial charge is 0.326 e. The van der Waals surface area contributed by atoms with E-state index < -0.39 is 6.08 Å². The highest BCUT2D eigenvalue weighted by Gasteiger charge is 2.28. The molecule has 0 saturated carbocycles. The summed E-state index contributed by atoms with van der Waals surface area (Å²) in [7, 11) is 0. The molecule has 0 amide bonds. The van der Waals surface area contributed by atoms with E-state index in [1.165, 1.54) is 11.0 Å². The Kier molecular flexibility index (Phi) is 4.29. The van der Waals surface area contributed by atoms with E-state index in [0.29, 0.717) is 11.3 Å². The topological polar surface area (TPSA) is 86.6 Å². The molecular weight excluding hydrogens is 256 g/mol. The van der Waals surface area contributed by atoms with Gasteiger partial charge in [0, 0.05) is 5.25 Å². The van der Waals surface area contributed by atoms with Gasteiger partial charge in [-0.3, -0.25) is 4.52 Å². The minimum absolute atomic E-state index is 0.124. The lowest BCUT2D eigenvalue weighted by molar-refractivity contribution is -0.722. The van der Waals surface area contributed by atoms with E-state index in [0.717, 1.165) is 12.2 Å². The molecule has 0 spiro atoms. The summed E-state index contributed by atoms with van der Waals surface area (Å²) in [5.41, 5.74) is 3.20. The minimum Gasteiger partial charge on any atom is -0.600 e. The van der Waals surface area contributed by atoms with Gasteiger partial charge in [0.1, 0.15) is 0 Å². The van der Waals surface area contributed by atoms with E-state index in [-0.39, 0.29) is 12.5 Å². The van der Waals surface area contributed by atoms with Crippen LogP contribution in [0.1, 0.15) is 20.3 Å². The summed E-state index contributed by atoms with van der Waals surface area (Å²) in [6.07, 6.45) is 1.92. The molecule has 2 heterocycles. The van der Waals surface area contributed by atoms with Crippen LogP contribution in [0.2, 0.25) is 0 Å². The Labute approximate surface area is 109 Å². The summed E-state index contributed by atoms with van der Waals surface area (Å²) < 4.78 is 9.58. The molecule has 1 aliphatic heterocycles. The van der Waals surface area contributed by atoms with Gasteiger partial charge in [-0.2, -0.15) is 22.2 Å². The van der Waals surface area contributed by atoms with E-state index in [2.05, 4.69) is 27.4 Å². The standard InChI is InChI=1S/C10H16N4O3S/c1-3-16-10(15)11-9-6-14(13-17-9)12-8-4-5-18-7(8)2/h6-8H,3-5H2,1-2H3,(H-,11,12,13,15). The first-order valence-corrected chi connectivity index (χ1v) is 6.89. The quantitative estimate of drug-likeness (QED) is 0.463. The van der Waals surface area contributed by atoms with Crippen LogP contribution in [0.4, 0.5) is 5.88 Å². The Bertz CT molecular complexity index is 423. The summed E-state index contributed by atoms with van der Waals surface area (Å²) in [4.78, 5) is 5.06. The molecule has 0 radical (unpaired) electrons. The summed E-state index contributed by atoms with van der Waals surface area (Å²) in [6.45, 7) is 4.17. The lowest BCUT2D eigenvalue weighted by Crippen LogP contribution is -2.52. The summed E-state index contributed by atoms with van der Waals surface area (Å²) in [6, 6.07) is 0.348. The molecule has 100 valence electrons. The van der Waals surface area contributed by atoms with Crippen LogP contribution in [0.3, 0.4) is 0 Å². The van der Waals surface area contributed by atoms with E-state index in [9.17, 15) is 5.11 Å². The first kappa shape index (κ1) is 13.0. The maximum Gasteiger partial charge on any atom is 0.326 e. The van der Waals surface area contributed by atoms with Gasteiger partial charge in [0.2, 0.25) is 5.27 Å². The van der Waals surface area contributed by atoms with Crippen molar-refractivity contribution < 1.29 is 19.2 Å². The van der Waals surface area contributed by atoms with Crippen molar-refractivity contribution in [2.45, 2.75) is 31.6 Å². The summed E-state index contributed by atoms with van der Waals surface area (Å²) in [5.74, 6) is 1.26. The van der Waals surface area contributed by atoms with Crippen molar-refractivity contribution in [2.24, 2.45) is 4.99 Å². The van der Waals surface area contributed by atoms with Crippen LogP contribution in [0, 0.1) is 0 Å². The molecule has 1 fully saturated rings. The zero-order valence-electron chi connectivity index (χ0n) is 10.3. The normalized spacial score (nSPS) is 24.2. The molecule has 1 aliphatic rings. The first-order chi connectivity index (χ1) is 8.69. The Morgan fingerprint density at radius 3 is 3.33 bits per heavy atom. The number of nitrogens with one attached hydrogen (secondary N) is 1. The second-order valence-corrected chi connectivity index (χ2v) is 5.38. The molecule has 8 heteroatoms. The van der Waals surface area contributed by atoms with E-state index in [4.69, 9.17) is 4.52 Å². The SMILES string of the molecule is CCOC([O-])=Nc1c[n+](NC2CCSC2C)no1. The maximum atomic E-state index is 11.1. The molecule has 1 N–H and O–H groups in total. The molecule has 0 aromatic carbocycles. The minimum atomic E-state index is -0.675. The second kappa shape index (κ2) is 5.94. The number of rotatable bonds is 4. The average molecular weight is 272 g/mol. The number of aromatic nitrogens is 2. The number of aliphatic imine (C=N–C) groups is 1. The van der Waals surface area contributed by atoms with Gasteiger partial charge >= 0.3 is 5.88 Å². The highest BCUT2D eigenvalue weighted by atomic mass is 32.2. The van der Waals surface area contributed by atoms with E-state index in [1.54, 1.807) is 6.92 Å². The second-order valence-electron chi connectivity index (χ2n) is 3.90. The van der Waals surface area contributed by atoms with Crippen LogP contribution in [-0.4, -0.2) is 35.0 Å². The molecule has 7 nitrogen and oxygen atoms in total. The average Bonchev–Trinajstić information content (AvgIpc) is 2.90. The third-order valence-corrected chi connectivity index (χ3v) is 3.92. The predicted molar refractivity (Wildman–Crippen MR) is 65.1 cm³/mol. The largest absolute Gasteiger partial charge is 0.600 e. The molecular formula is C10H16N4O3S. The van der Waals surface area contributed by atoms with Crippen LogP contribution < -0.4 is 15.3 Å². The van der Waals surface area contributed by atoms with Crippen LogP contribution in [0.15, 0.2) is 15.7 Å². The number of hydrogen-bond acceptors (Lipinski definition) is 7. The predicted octanol–water partition coefficient (Wildman–Crippen LogP) is -0.216. The van der Waals surface area contributed by atoms with E-state index >= 15 is 0 Å². The van der Waals surface area contributed by atoms with Gasteiger partial charge in [0.15, 0.2) is 6.08 Å². The van der Waals surface area contributed by atoms with Gasteiger partial charge < -0.3 is 9.84 Å². The number of ether oxygens (including phenoxy) is 1. The van der Waals surface area contributed by atoms with Gasteiger partial charge in [-0.05, 0) is 18.8 Å². The van der Waals surface area contributed by atoms with Gasteiger partial charge in [0.05, 0.1) is 10.8 Å². The molecule has 0 bridgehead atoms. The highest BCUT2D eigenvalue weighted by molar-refractivity contribution is 8.00. The van der Waals surface area contributed by atoms with Crippen molar-refractivity contribution in [3.8, 4) is 0 Å². The Hall–Kier alpha value is -1.44. The number of nitrogens with zero attached hydrogens (tertiary/aromatic N) is 3. The van der Waals surface area contributed by atoms with Crippen molar-refractivity contribution in [2.75, 3.05) is 17.8 Å². The summed E-state index contributed by atoms with van der Waals surface area (Å²) >= 11 is 1.92. The Balaban J connectivity index is 1.95. The zero-order valence-corrected chi connectivity index (χ0v) is 11.1. The molecule has 1 saturated heterocycles. The Morgan fingerprint density at radius 1 is 1.83 bits per heavy atom. The van der Waals surface area contributed by atoms with Crippen LogP contribution in [0.5, 0.6) is 0 Å². The maximum absolute atomic E-state index is 11.1. The molecule has 2 unspecified atom stereocenters. The molecule has 18 heavy (non-hydrogen) atoms.